The average Bonchev–Trinajstić information content (AvgIpc) is 1.87. The van der Waals surface area contributed by atoms with Gasteiger partial charge in [-0.2, -0.15) is 5.26 Å². The van der Waals surface area contributed by atoms with E-state index in [-0.39, 0.29) is 0 Å². The van der Waals surface area contributed by atoms with Crippen molar-refractivity contribution in [2.24, 2.45) is 11.8 Å². The zero-order chi connectivity index (χ0) is 8.69. The zero-order valence-corrected chi connectivity index (χ0v) is 7.67. The molecule has 0 saturated carbocycles. The second-order valence-electron chi connectivity index (χ2n) is 3.38. The fourth-order valence-electron chi connectivity index (χ4n) is 0.822. The van der Waals surface area contributed by atoms with Gasteiger partial charge in [-0.05, 0) is 18.3 Å². The van der Waals surface area contributed by atoms with Crippen LogP contribution in [0.4, 0.5) is 0 Å². The van der Waals surface area contributed by atoms with Gasteiger partial charge in [0.2, 0.25) is 0 Å². The van der Waals surface area contributed by atoms with E-state index in [2.05, 4.69) is 39.0 Å². The number of hydrogen-bond acceptors (Lipinski definition) is 1. The molecule has 0 fully saturated rings. The van der Waals surface area contributed by atoms with Gasteiger partial charge in [0, 0.05) is 6.42 Å². The van der Waals surface area contributed by atoms with Crippen LogP contribution in [0.25, 0.3) is 0 Å². The van der Waals surface area contributed by atoms with Crippen LogP contribution >= 0.6 is 0 Å². The molecule has 0 radical (unpaired) electrons. The Bertz CT molecular complexity index is 151. The summed E-state index contributed by atoms with van der Waals surface area (Å²) in [5.74, 6) is 1.14. The summed E-state index contributed by atoms with van der Waals surface area (Å²) in [4.78, 5) is 0. The maximum Gasteiger partial charge on any atom is 0.0624 e. The Kier molecular flexibility index (Phi) is 5.56. The van der Waals surface area contributed by atoms with Crippen LogP contribution in [-0.4, -0.2) is 0 Å². The van der Waals surface area contributed by atoms with Crippen molar-refractivity contribution in [2.45, 2.75) is 33.6 Å². The molecule has 0 aliphatic carbocycles. The molecular weight excluding hydrogens is 134 g/mol. The lowest BCUT2D eigenvalue weighted by Gasteiger charge is -2.01. The maximum absolute atomic E-state index is 8.37. The number of rotatable bonds is 4. The smallest absolute Gasteiger partial charge is 0.0624 e. The van der Waals surface area contributed by atoms with E-state index in [1.165, 1.54) is 0 Å². The molecule has 0 heterocycles. The molecule has 0 aromatic heterocycles. The van der Waals surface area contributed by atoms with Gasteiger partial charge >= 0.3 is 0 Å². The Labute approximate surface area is 69.7 Å². The quantitative estimate of drug-likeness (QED) is 0.566. The Morgan fingerprint density at radius 3 is 2.45 bits per heavy atom. The minimum atomic E-state index is 0.509. The highest BCUT2D eigenvalue weighted by Crippen LogP contribution is 2.07. The van der Waals surface area contributed by atoms with E-state index in [0.29, 0.717) is 18.3 Å². The SMILES string of the molecule is CC(C)/C=C/C[C@H](C)CC#N. The third-order valence-corrected chi connectivity index (χ3v) is 1.50. The Hall–Kier alpha value is -0.770. The monoisotopic (exact) mass is 151 g/mol. The summed E-state index contributed by atoms with van der Waals surface area (Å²) in [6.07, 6.45) is 6.06. The molecule has 1 atom stereocenters. The van der Waals surface area contributed by atoms with E-state index >= 15 is 0 Å². The summed E-state index contributed by atoms with van der Waals surface area (Å²) in [5.41, 5.74) is 0. The van der Waals surface area contributed by atoms with Crippen molar-refractivity contribution in [2.75, 3.05) is 0 Å². The van der Waals surface area contributed by atoms with Crippen LogP contribution in [0.15, 0.2) is 12.2 Å². The van der Waals surface area contributed by atoms with Crippen LogP contribution in [0, 0.1) is 23.2 Å². The van der Waals surface area contributed by atoms with E-state index in [9.17, 15) is 0 Å². The molecule has 0 aromatic rings. The molecule has 0 aliphatic heterocycles. The minimum Gasteiger partial charge on any atom is -0.198 e. The van der Waals surface area contributed by atoms with Crippen molar-refractivity contribution < 1.29 is 0 Å². The molecule has 0 saturated heterocycles. The van der Waals surface area contributed by atoms with Crippen molar-refractivity contribution in [1.29, 1.82) is 5.26 Å². The largest absolute Gasteiger partial charge is 0.198 e. The molecule has 0 unspecified atom stereocenters. The van der Waals surface area contributed by atoms with Gasteiger partial charge in [0.05, 0.1) is 6.07 Å². The molecule has 62 valence electrons. The van der Waals surface area contributed by atoms with E-state index in [1.54, 1.807) is 0 Å². The third-order valence-electron chi connectivity index (χ3n) is 1.50. The predicted octanol–water partition coefficient (Wildman–Crippen LogP) is 3.14. The molecular formula is C10H17N. The molecule has 1 nitrogen and oxygen atoms in total. The van der Waals surface area contributed by atoms with Crippen molar-refractivity contribution in [3.63, 3.8) is 0 Å². The number of nitriles is 1. The molecule has 11 heavy (non-hydrogen) atoms. The molecule has 0 aromatic carbocycles. The lowest BCUT2D eigenvalue weighted by atomic mass is 10.0. The van der Waals surface area contributed by atoms with Crippen LogP contribution in [-0.2, 0) is 0 Å². The maximum atomic E-state index is 8.37. The fourth-order valence-corrected chi connectivity index (χ4v) is 0.822. The van der Waals surface area contributed by atoms with Gasteiger partial charge in [0.25, 0.3) is 0 Å². The average molecular weight is 151 g/mol. The summed E-state index contributed by atoms with van der Waals surface area (Å²) in [5, 5.41) is 8.37. The normalized spacial score (nSPS) is 13.7. The Morgan fingerprint density at radius 2 is 2.00 bits per heavy atom. The van der Waals surface area contributed by atoms with Crippen LogP contribution in [0.5, 0.6) is 0 Å². The number of hydrogen-bond donors (Lipinski definition) is 0. The molecule has 0 aliphatic rings. The topological polar surface area (TPSA) is 23.8 Å². The highest BCUT2D eigenvalue weighted by molar-refractivity contribution is 4.87. The van der Waals surface area contributed by atoms with Crippen LogP contribution < -0.4 is 0 Å². The summed E-state index contributed by atoms with van der Waals surface area (Å²) in [6, 6.07) is 2.17. The molecule has 0 bridgehead atoms. The molecule has 0 spiro atoms. The van der Waals surface area contributed by atoms with Gasteiger partial charge in [-0.1, -0.05) is 32.9 Å². The lowest BCUT2D eigenvalue weighted by molar-refractivity contribution is 0.606. The van der Waals surface area contributed by atoms with E-state index in [1.807, 2.05) is 0 Å². The zero-order valence-electron chi connectivity index (χ0n) is 7.67. The van der Waals surface area contributed by atoms with Gasteiger partial charge in [-0.25, -0.2) is 0 Å². The van der Waals surface area contributed by atoms with Gasteiger partial charge in [0.15, 0.2) is 0 Å². The molecule has 1 heteroatoms. The standard InChI is InChI=1S/C10H17N/c1-9(2)5-4-6-10(3)7-8-11/h4-5,9-10H,6-7H2,1-3H3/b5-4+/t10-/m0/s1. The minimum absolute atomic E-state index is 0.509. The highest BCUT2D eigenvalue weighted by Gasteiger charge is 1.96. The highest BCUT2D eigenvalue weighted by atomic mass is 14.2. The van der Waals surface area contributed by atoms with E-state index < -0.39 is 0 Å². The first-order chi connectivity index (χ1) is 5.16. The van der Waals surface area contributed by atoms with Gasteiger partial charge in [-0.15, -0.1) is 0 Å². The van der Waals surface area contributed by atoms with Crippen molar-refractivity contribution in [3.05, 3.63) is 12.2 Å². The third kappa shape index (κ3) is 7.12. The summed E-state index contributed by atoms with van der Waals surface area (Å²) >= 11 is 0. The van der Waals surface area contributed by atoms with Crippen molar-refractivity contribution >= 4 is 0 Å². The van der Waals surface area contributed by atoms with Crippen molar-refractivity contribution in [3.8, 4) is 6.07 Å². The first-order valence-electron chi connectivity index (χ1n) is 4.20. The number of allylic oxidation sites excluding steroid dienone is 2. The Balaban J connectivity index is 3.46. The summed E-state index contributed by atoms with van der Waals surface area (Å²) in [6.45, 7) is 6.42. The first kappa shape index (κ1) is 10.2. The summed E-state index contributed by atoms with van der Waals surface area (Å²) < 4.78 is 0. The number of nitrogens with zero attached hydrogens (tertiary/aromatic N) is 1. The first-order valence-corrected chi connectivity index (χ1v) is 4.20. The van der Waals surface area contributed by atoms with Gasteiger partial charge < -0.3 is 0 Å². The second kappa shape index (κ2) is 5.97. The Morgan fingerprint density at radius 1 is 1.36 bits per heavy atom. The van der Waals surface area contributed by atoms with Crippen LogP contribution in [0.1, 0.15) is 33.6 Å². The van der Waals surface area contributed by atoms with Gasteiger partial charge in [-0.3, -0.25) is 0 Å². The van der Waals surface area contributed by atoms with Crippen LogP contribution in [0.2, 0.25) is 0 Å². The fraction of sp³-hybridized carbons (Fsp3) is 0.700. The molecule has 0 rings (SSSR count). The van der Waals surface area contributed by atoms with E-state index in [4.69, 9.17) is 5.26 Å². The van der Waals surface area contributed by atoms with E-state index in [0.717, 1.165) is 6.42 Å². The lowest BCUT2D eigenvalue weighted by Crippen LogP contribution is -1.90. The second-order valence-corrected chi connectivity index (χ2v) is 3.38. The van der Waals surface area contributed by atoms with Crippen LogP contribution in [0.3, 0.4) is 0 Å². The molecule has 0 N–H and O–H groups in total. The van der Waals surface area contributed by atoms with Crippen molar-refractivity contribution in [1.82, 2.24) is 0 Å². The summed E-state index contributed by atoms with van der Waals surface area (Å²) in [7, 11) is 0. The molecule has 0 amide bonds. The van der Waals surface area contributed by atoms with Gasteiger partial charge in [0.1, 0.15) is 0 Å². The predicted molar refractivity (Wildman–Crippen MR) is 48.0 cm³/mol.